The van der Waals surface area contributed by atoms with E-state index in [4.69, 9.17) is 14.2 Å². The fourth-order valence-electron chi connectivity index (χ4n) is 4.52. The van der Waals surface area contributed by atoms with Crippen LogP contribution in [0.2, 0.25) is 0 Å². The standard InChI is InChI=1S/C26H32N6O3S/c1-18(15-34-3)35-23-14-20(32-8-6-31(7-9-32)10-11-33-2)13-22-25(23)26(28-16-27-22)30-19-4-5-21-24(12-19)36-17-29-21/h4-5,12-14,16-18H,6-11,15H2,1-3H3,(H,27,28,30)/t18-/m1/s1. The lowest BCUT2D eigenvalue weighted by molar-refractivity contribution is 0.0931. The number of benzene rings is 2. The van der Waals surface area contributed by atoms with Crippen LogP contribution < -0.4 is 15.0 Å². The van der Waals surface area contributed by atoms with Gasteiger partial charge < -0.3 is 24.4 Å². The minimum Gasteiger partial charge on any atom is -0.487 e. The molecule has 5 rings (SSSR count). The summed E-state index contributed by atoms with van der Waals surface area (Å²) in [5.74, 6) is 1.45. The van der Waals surface area contributed by atoms with Crippen molar-refractivity contribution >= 4 is 49.6 Å². The minimum absolute atomic E-state index is 0.124. The Balaban J connectivity index is 1.47. The number of rotatable bonds is 10. The summed E-state index contributed by atoms with van der Waals surface area (Å²) in [5.41, 5.74) is 5.73. The normalized spacial score (nSPS) is 15.5. The van der Waals surface area contributed by atoms with Gasteiger partial charge in [-0.25, -0.2) is 15.0 Å². The highest BCUT2D eigenvalue weighted by atomic mass is 32.1. The van der Waals surface area contributed by atoms with Gasteiger partial charge in [-0.3, -0.25) is 4.90 Å². The quantitative estimate of drug-likeness (QED) is 0.339. The summed E-state index contributed by atoms with van der Waals surface area (Å²) in [4.78, 5) is 18.4. The Morgan fingerprint density at radius 2 is 1.86 bits per heavy atom. The first-order valence-corrected chi connectivity index (χ1v) is 13.0. The molecule has 1 fully saturated rings. The second kappa shape index (κ2) is 11.3. The molecule has 1 atom stereocenters. The third kappa shape index (κ3) is 5.52. The van der Waals surface area contributed by atoms with Crippen molar-refractivity contribution in [1.82, 2.24) is 19.9 Å². The van der Waals surface area contributed by atoms with Crippen molar-refractivity contribution in [2.24, 2.45) is 0 Å². The number of aromatic nitrogens is 3. The van der Waals surface area contributed by atoms with Crippen LogP contribution in [0.5, 0.6) is 5.75 Å². The van der Waals surface area contributed by atoms with Gasteiger partial charge in [0.2, 0.25) is 0 Å². The molecule has 10 heteroatoms. The zero-order chi connectivity index (χ0) is 24.9. The van der Waals surface area contributed by atoms with Gasteiger partial charge in [0.05, 0.1) is 39.8 Å². The van der Waals surface area contributed by atoms with Crippen molar-refractivity contribution in [2.75, 3.05) is 70.4 Å². The Kier molecular flexibility index (Phi) is 7.76. The number of fused-ring (bicyclic) bond motifs is 2. The molecule has 190 valence electrons. The van der Waals surface area contributed by atoms with Crippen LogP contribution in [0.4, 0.5) is 17.2 Å². The van der Waals surface area contributed by atoms with Gasteiger partial charge in [0.25, 0.3) is 0 Å². The molecule has 36 heavy (non-hydrogen) atoms. The molecule has 0 unspecified atom stereocenters. The van der Waals surface area contributed by atoms with Crippen molar-refractivity contribution in [3.63, 3.8) is 0 Å². The first kappa shape index (κ1) is 24.6. The van der Waals surface area contributed by atoms with Gasteiger partial charge in [0.15, 0.2) is 0 Å². The van der Waals surface area contributed by atoms with Crippen molar-refractivity contribution in [2.45, 2.75) is 13.0 Å². The van der Waals surface area contributed by atoms with E-state index in [1.165, 1.54) is 0 Å². The maximum absolute atomic E-state index is 6.40. The van der Waals surface area contributed by atoms with E-state index >= 15 is 0 Å². The number of nitrogens with zero attached hydrogens (tertiary/aromatic N) is 5. The van der Waals surface area contributed by atoms with Crippen LogP contribution in [0.1, 0.15) is 6.92 Å². The SMILES string of the molecule is COCCN1CCN(c2cc(O[C@H](C)COC)c3c(Nc4ccc5ncsc5c4)ncnc3c2)CC1. The smallest absolute Gasteiger partial charge is 0.145 e. The lowest BCUT2D eigenvalue weighted by Gasteiger charge is -2.36. The zero-order valence-electron chi connectivity index (χ0n) is 20.9. The van der Waals surface area contributed by atoms with Crippen LogP contribution >= 0.6 is 11.3 Å². The number of piperazine rings is 1. The number of ether oxygens (including phenoxy) is 3. The minimum atomic E-state index is -0.124. The fourth-order valence-corrected chi connectivity index (χ4v) is 5.23. The predicted octanol–water partition coefficient (Wildman–Crippen LogP) is 4.17. The molecule has 0 radical (unpaired) electrons. The van der Waals surface area contributed by atoms with Crippen LogP contribution in [-0.2, 0) is 9.47 Å². The molecule has 1 aliphatic heterocycles. The van der Waals surface area contributed by atoms with Crippen molar-refractivity contribution in [3.05, 3.63) is 42.2 Å². The Hall–Kier alpha value is -3.05. The maximum atomic E-state index is 6.40. The van der Waals surface area contributed by atoms with Crippen LogP contribution in [0.3, 0.4) is 0 Å². The summed E-state index contributed by atoms with van der Waals surface area (Å²) in [6, 6.07) is 10.4. The Labute approximate surface area is 215 Å². The van der Waals surface area contributed by atoms with Crippen molar-refractivity contribution in [3.8, 4) is 5.75 Å². The van der Waals surface area contributed by atoms with E-state index in [-0.39, 0.29) is 6.10 Å². The largest absolute Gasteiger partial charge is 0.487 e. The van der Waals surface area contributed by atoms with Crippen LogP contribution in [0.25, 0.3) is 21.1 Å². The molecule has 2 aromatic carbocycles. The number of methoxy groups -OCH3 is 2. The summed E-state index contributed by atoms with van der Waals surface area (Å²) < 4.78 is 18.1. The van der Waals surface area contributed by atoms with Gasteiger partial charge in [0, 0.05) is 64.4 Å². The third-order valence-corrected chi connectivity index (χ3v) is 7.15. The predicted molar refractivity (Wildman–Crippen MR) is 145 cm³/mol. The summed E-state index contributed by atoms with van der Waals surface area (Å²) in [5, 5.41) is 4.34. The monoisotopic (exact) mass is 508 g/mol. The van der Waals surface area contributed by atoms with Crippen LogP contribution in [0, 0.1) is 0 Å². The van der Waals surface area contributed by atoms with Gasteiger partial charge in [0.1, 0.15) is 24.0 Å². The summed E-state index contributed by atoms with van der Waals surface area (Å²) >= 11 is 1.62. The Morgan fingerprint density at radius 1 is 1.00 bits per heavy atom. The lowest BCUT2D eigenvalue weighted by Crippen LogP contribution is -2.47. The van der Waals surface area contributed by atoms with Crippen LogP contribution in [-0.4, -0.2) is 86.1 Å². The second-order valence-corrected chi connectivity index (χ2v) is 9.81. The zero-order valence-corrected chi connectivity index (χ0v) is 21.8. The molecule has 9 nitrogen and oxygen atoms in total. The molecule has 1 N–H and O–H groups in total. The Bertz CT molecular complexity index is 1310. The van der Waals surface area contributed by atoms with Gasteiger partial charge in [-0.15, -0.1) is 11.3 Å². The molecular formula is C26H32N6O3S. The summed E-state index contributed by atoms with van der Waals surface area (Å²) in [7, 11) is 3.43. The molecule has 1 aliphatic rings. The molecule has 2 aromatic heterocycles. The fraction of sp³-hybridized carbons (Fsp3) is 0.423. The van der Waals surface area contributed by atoms with E-state index in [9.17, 15) is 0 Å². The third-order valence-electron chi connectivity index (χ3n) is 6.36. The van der Waals surface area contributed by atoms with E-state index in [1.807, 2.05) is 24.6 Å². The lowest BCUT2D eigenvalue weighted by atomic mass is 10.1. The maximum Gasteiger partial charge on any atom is 0.145 e. The van der Waals surface area contributed by atoms with Gasteiger partial charge in [-0.1, -0.05) is 0 Å². The second-order valence-electron chi connectivity index (χ2n) is 8.93. The molecule has 0 saturated carbocycles. The Morgan fingerprint density at radius 3 is 2.67 bits per heavy atom. The molecule has 0 spiro atoms. The molecule has 0 bridgehead atoms. The number of anilines is 3. The molecule has 1 saturated heterocycles. The molecule has 0 amide bonds. The molecule has 3 heterocycles. The number of nitrogens with one attached hydrogen (secondary N) is 1. The van der Waals surface area contributed by atoms with E-state index in [1.54, 1.807) is 31.9 Å². The van der Waals surface area contributed by atoms with Crippen LogP contribution in [0.15, 0.2) is 42.2 Å². The highest BCUT2D eigenvalue weighted by Crippen LogP contribution is 2.37. The summed E-state index contributed by atoms with van der Waals surface area (Å²) in [6.07, 6.45) is 1.48. The first-order valence-electron chi connectivity index (χ1n) is 12.2. The number of hydrogen-bond donors (Lipinski definition) is 1. The number of hydrogen-bond acceptors (Lipinski definition) is 10. The highest BCUT2D eigenvalue weighted by molar-refractivity contribution is 7.16. The van der Waals surface area contributed by atoms with Gasteiger partial charge >= 0.3 is 0 Å². The van der Waals surface area contributed by atoms with E-state index in [0.717, 1.165) is 77.6 Å². The van der Waals surface area contributed by atoms with Gasteiger partial charge in [-0.2, -0.15) is 0 Å². The van der Waals surface area contributed by atoms with Crippen molar-refractivity contribution < 1.29 is 14.2 Å². The van der Waals surface area contributed by atoms with E-state index in [2.05, 4.69) is 48.3 Å². The number of thiazole rings is 1. The molecule has 0 aliphatic carbocycles. The average Bonchev–Trinajstić information content (AvgIpc) is 3.36. The molecular weight excluding hydrogens is 476 g/mol. The average molecular weight is 509 g/mol. The van der Waals surface area contributed by atoms with Gasteiger partial charge in [-0.05, 0) is 31.2 Å². The first-order chi connectivity index (χ1) is 17.6. The van der Waals surface area contributed by atoms with Crippen molar-refractivity contribution in [1.29, 1.82) is 0 Å². The van der Waals surface area contributed by atoms with E-state index < -0.39 is 0 Å². The topological polar surface area (TPSA) is 84.9 Å². The highest BCUT2D eigenvalue weighted by Gasteiger charge is 2.21. The summed E-state index contributed by atoms with van der Waals surface area (Å²) in [6.45, 7) is 8.07. The molecule has 4 aromatic rings. The van der Waals surface area contributed by atoms with E-state index in [0.29, 0.717) is 12.4 Å².